The van der Waals surface area contributed by atoms with Gasteiger partial charge < -0.3 is 15.2 Å². The van der Waals surface area contributed by atoms with E-state index >= 15 is 0 Å². The Morgan fingerprint density at radius 1 is 1.05 bits per heavy atom. The highest BCUT2D eigenvalue weighted by atomic mass is 79.9. The molecule has 1 atom stereocenters. The summed E-state index contributed by atoms with van der Waals surface area (Å²) in [5, 5.41) is 13.7. The molecule has 1 N–H and O–H groups in total. The van der Waals surface area contributed by atoms with E-state index in [2.05, 4.69) is 21.2 Å². The van der Waals surface area contributed by atoms with Gasteiger partial charge in [0.2, 0.25) is 0 Å². The van der Waals surface area contributed by atoms with Crippen LogP contribution < -0.4 is 10.4 Å². The fourth-order valence-corrected chi connectivity index (χ4v) is 2.15. The SMILES string of the molecule is O=C(N[C@H](Cc1ccccc1)C(=O)[O-])c1ccc(Br)cc1. The lowest BCUT2D eigenvalue weighted by molar-refractivity contribution is -0.308. The fraction of sp³-hybridized carbons (Fsp3) is 0.125. The maximum Gasteiger partial charge on any atom is 0.251 e. The fourth-order valence-electron chi connectivity index (χ4n) is 1.89. The van der Waals surface area contributed by atoms with Gasteiger partial charge in [-0.2, -0.15) is 0 Å². The Morgan fingerprint density at radius 2 is 1.67 bits per heavy atom. The lowest BCUT2D eigenvalue weighted by Crippen LogP contribution is -2.49. The number of hydrogen-bond donors (Lipinski definition) is 1. The number of amides is 1. The molecule has 0 spiro atoms. The number of carbonyl (C=O) groups is 2. The van der Waals surface area contributed by atoms with E-state index in [9.17, 15) is 14.7 Å². The zero-order valence-corrected chi connectivity index (χ0v) is 12.7. The largest absolute Gasteiger partial charge is 0.548 e. The minimum absolute atomic E-state index is 0.186. The number of rotatable bonds is 5. The highest BCUT2D eigenvalue weighted by Gasteiger charge is 2.15. The normalized spacial score (nSPS) is 11.7. The minimum atomic E-state index is -1.30. The van der Waals surface area contributed by atoms with Gasteiger partial charge in [0.1, 0.15) is 0 Å². The van der Waals surface area contributed by atoms with Crippen LogP contribution in [0.4, 0.5) is 0 Å². The Kier molecular flexibility index (Phi) is 5.11. The highest BCUT2D eigenvalue weighted by Crippen LogP contribution is 2.11. The Bertz CT molecular complexity index is 626. The average molecular weight is 347 g/mol. The van der Waals surface area contributed by atoms with Crippen molar-refractivity contribution >= 4 is 27.8 Å². The molecule has 0 heterocycles. The van der Waals surface area contributed by atoms with Gasteiger partial charge in [0.25, 0.3) is 5.91 Å². The first-order chi connectivity index (χ1) is 10.1. The predicted molar refractivity (Wildman–Crippen MR) is 80.5 cm³/mol. The van der Waals surface area contributed by atoms with E-state index in [1.54, 1.807) is 24.3 Å². The summed E-state index contributed by atoms with van der Waals surface area (Å²) in [5.74, 6) is -1.74. The summed E-state index contributed by atoms with van der Waals surface area (Å²) in [7, 11) is 0. The van der Waals surface area contributed by atoms with E-state index in [-0.39, 0.29) is 6.42 Å². The average Bonchev–Trinajstić information content (AvgIpc) is 2.48. The summed E-state index contributed by atoms with van der Waals surface area (Å²) in [6.07, 6.45) is 0.186. The summed E-state index contributed by atoms with van der Waals surface area (Å²) >= 11 is 3.28. The van der Waals surface area contributed by atoms with Crippen molar-refractivity contribution in [3.8, 4) is 0 Å². The number of carbonyl (C=O) groups excluding carboxylic acids is 2. The van der Waals surface area contributed by atoms with Crippen LogP contribution in [-0.4, -0.2) is 17.9 Å². The van der Waals surface area contributed by atoms with Gasteiger partial charge in [-0.05, 0) is 36.2 Å². The van der Waals surface area contributed by atoms with Gasteiger partial charge in [0, 0.05) is 10.0 Å². The zero-order valence-electron chi connectivity index (χ0n) is 11.1. The molecule has 0 unspecified atom stereocenters. The van der Waals surface area contributed by atoms with Crippen LogP contribution in [0.2, 0.25) is 0 Å². The van der Waals surface area contributed by atoms with Crippen molar-refractivity contribution in [2.75, 3.05) is 0 Å². The maximum atomic E-state index is 12.0. The molecule has 0 fully saturated rings. The molecule has 108 valence electrons. The quantitative estimate of drug-likeness (QED) is 0.892. The first-order valence-corrected chi connectivity index (χ1v) is 7.17. The topological polar surface area (TPSA) is 69.2 Å². The number of carboxylic acids is 1. The van der Waals surface area contributed by atoms with Gasteiger partial charge in [0.15, 0.2) is 0 Å². The van der Waals surface area contributed by atoms with E-state index in [0.29, 0.717) is 5.56 Å². The number of carboxylic acid groups (broad SMARTS) is 1. The molecule has 4 nitrogen and oxygen atoms in total. The Balaban J connectivity index is 2.07. The number of benzene rings is 2. The van der Waals surface area contributed by atoms with Crippen molar-refractivity contribution in [3.05, 3.63) is 70.2 Å². The van der Waals surface area contributed by atoms with E-state index in [4.69, 9.17) is 0 Å². The predicted octanol–water partition coefficient (Wildman–Crippen LogP) is 1.54. The van der Waals surface area contributed by atoms with Gasteiger partial charge in [-0.3, -0.25) is 4.79 Å². The second-order valence-electron chi connectivity index (χ2n) is 4.54. The van der Waals surface area contributed by atoms with Crippen molar-refractivity contribution in [2.45, 2.75) is 12.5 Å². The number of halogens is 1. The molecule has 2 aromatic carbocycles. The molecule has 2 rings (SSSR count). The summed E-state index contributed by atoms with van der Waals surface area (Å²) < 4.78 is 0.847. The molecule has 0 aliphatic carbocycles. The van der Waals surface area contributed by atoms with Gasteiger partial charge in [-0.15, -0.1) is 0 Å². The standard InChI is InChI=1S/C16H14BrNO3/c17-13-8-6-12(7-9-13)15(19)18-14(16(20)21)10-11-4-2-1-3-5-11/h1-9,14H,10H2,(H,18,19)(H,20,21)/p-1/t14-/m1/s1. The molecular weight excluding hydrogens is 334 g/mol. The van der Waals surface area contributed by atoms with Crippen molar-refractivity contribution in [2.24, 2.45) is 0 Å². The smallest absolute Gasteiger partial charge is 0.251 e. The van der Waals surface area contributed by atoms with Crippen LogP contribution in [0, 0.1) is 0 Å². The molecule has 0 saturated carbocycles. The second kappa shape index (κ2) is 7.04. The van der Waals surface area contributed by atoms with Crippen LogP contribution in [0.15, 0.2) is 59.1 Å². The third-order valence-corrected chi connectivity index (χ3v) is 3.51. The van der Waals surface area contributed by atoms with Crippen molar-refractivity contribution < 1.29 is 14.7 Å². The lowest BCUT2D eigenvalue weighted by Gasteiger charge is -2.20. The summed E-state index contributed by atoms with van der Waals surface area (Å²) in [6, 6.07) is 14.7. The maximum absolute atomic E-state index is 12.0. The molecule has 0 bridgehead atoms. The molecule has 0 saturated heterocycles. The van der Waals surface area contributed by atoms with Crippen molar-refractivity contribution in [1.82, 2.24) is 5.32 Å². The van der Waals surface area contributed by atoms with Crippen molar-refractivity contribution in [1.29, 1.82) is 0 Å². The monoisotopic (exact) mass is 346 g/mol. The van der Waals surface area contributed by atoms with Gasteiger partial charge in [-0.25, -0.2) is 0 Å². The first kappa shape index (κ1) is 15.3. The van der Waals surface area contributed by atoms with Crippen LogP contribution in [0.25, 0.3) is 0 Å². The molecule has 0 aromatic heterocycles. The van der Waals surface area contributed by atoms with Crippen molar-refractivity contribution in [3.63, 3.8) is 0 Å². The molecule has 5 heteroatoms. The zero-order chi connectivity index (χ0) is 15.2. The summed E-state index contributed by atoms with van der Waals surface area (Å²) in [5.41, 5.74) is 1.22. The van der Waals surface area contributed by atoms with Crippen LogP contribution in [0.5, 0.6) is 0 Å². The van der Waals surface area contributed by atoms with Crippen LogP contribution in [0.3, 0.4) is 0 Å². The molecule has 2 aromatic rings. The summed E-state index contributed by atoms with van der Waals surface area (Å²) in [6.45, 7) is 0. The van der Waals surface area contributed by atoms with Crippen LogP contribution in [0.1, 0.15) is 15.9 Å². The van der Waals surface area contributed by atoms with E-state index < -0.39 is 17.9 Å². The Morgan fingerprint density at radius 3 is 2.24 bits per heavy atom. The third kappa shape index (κ3) is 4.43. The minimum Gasteiger partial charge on any atom is -0.548 e. The molecule has 0 radical (unpaired) electrons. The van der Waals surface area contributed by atoms with Gasteiger partial charge >= 0.3 is 0 Å². The van der Waals surface area contributed by atoms with Gasteiger partial charge in [0.05, 0.1) is 12.0 Å². The number of nitrogens with one attached hydrogen (secondary N) is 1. The molecule has 21 heavy (non-hydrogen) atoms. The van der Waals surface area contributed by atoms with E-state index in [1.165, 1.54) is 0 Å². The molecule has 0 aliphatic heterocycles. The van der Waals surface area contributed by atoms with Crippen LogP contribution >= 0.6 is 15.9 Å². The highest BCUT2D eigenvalue weighted by molar-refractivity contribution is 9.10. The second-order valence-corrected chi connectivity index (χ2v) is 5.46. The lowest BCUT2D eigenvalue weighted by atomic mass is 10.1. The number of hydrogen-bond acceptors (Lipinski definition) is 3. The molecule has 0 aliphatic rings. The first-order valence-electron chi connectivity index (χ1n) is 6.37. The van der Waals surface area contributed by atoms with E-state index in [0.717, 1.165) is 10.0 Å². The van der Waals surface area contributed by atoms with Gasteiger partial charge in [-0.1, -0.05) is 46.3 Å². The molecular formula is C16H13BrNO3-. The number of aliphatic carboxylic acids is 1. The third-order valence-electron chi connectivity index (χ3n) is 2.98. The van der Waals surface area contributed by atoms with E-state index in [1.807, 2.05) is 30.3 Å². The van der Waals surface area contributed by atoms with Crippen LogP contribution in [-0.2, 0) is 11.2 Å². The summed E-state index contributed by atoms with van der Waals surface area (Å²) in [4.78, 5) is 23.2. The Hall–Kier alpha value is -2.14. The Labute approximate surface area is 130 Å². The molecule has 1 amide bonds.